The predicted octanol–water partition coefficient (Wildman–Crippen LogP) is 3.80. The molecule has 2 heterocycles. The molecule has 0 spiro atoms. The summed E-state index contributed by atoms with van der Waals surface area (Å²) in [5, 5.41) is 2.95. The van der Waals surface area contributed by atoms with Crippen LogP contribution < -0.4 is 5.32 Å². The van der Waals surface area contributed by atoms with Crippen LogP contribution in [0.1, 0.15) is 10.4 Å². The molecule has 0 aliphatic rings. The van der Waals surface area contributed by atoms with Crippen LogP contribution in [0, 0.1) is 0 Å². The minimum absolute atomic E-state index is 0.162. The zero-order valence-electron chi connectivity index (χ0n) is 8.82. The van der Waals surface area contributed by atoms with Crippen molar-refractivity contribution >= 4 is 50.9 Å². The second kappa shape index (κ2) is 5.65. The molecule has 0 radical (unpaired) electrons. The molecule has 0 aliphatic carbocycles. The molecule has 18 heavy (non-hydrogen) atoms. The molecule has 0 unspecified atom stereocenters. The van der Waals surface area contributed by atoms with E-state index >= 15 is 0 Å². The van der Waals surface area contributed by atoms with Gasteiger partial charge in [-0.25, -0.2) is 9.97 Å². The zero-order chi connectivity index (χ0) is 13.1. The number of nitrogens with one attached hydrogen (secondary N) is 1. The Kier molecular flexibility index (Phi) is 4.16. The van der Waals surface area contributed by atoms with Crippen molar-refractivity contribution in [3.8, 4) is 0 Å². The van der Waals surface area contributed by atoms with E-state index in [0.717, 1.165) is 4.47 Å². The number of pyridine rings is 2. The van der Waals surface area contributed by atoms with Crippen LogP contribution in [-0.2, 0) is 0 Å². The molecule has 2 aromatic rings. The number of nitrogens with zero attached hydrogens (tertiary/aromatic N) is 2. The van der Waals surface area contributed by atoms with Gasteiger partial charge in [-0.2, -0.15) is 0 Å². The Bertz CT molecular complexity index is 586. The Hall–Kier alpha value is -1.17. The third kappa shape index (κ3) is 3.41. The van der Waals surface area contributed by atoms with Gasteiger partial charge in [0.15, 0.2) is 0 Å². The fraction of sp³-hybridized carbons (Fsp3) is 0. The first-order valence-corrected chi connectivity index (χ1v) is 6.35. The second-order valence-corrected chi connectivity index (χ2v) is 5.00. The number of aromatic nitrogens is 2. The lowest BCUT2D eigenvalue weighted by Crippen LogP contribution is -2.13. The van der Waals surface area contributed by atoms with E-state index in [0.29, 0.717) is 11.4 Å². The smallest absolute Gasteiger partial charge is 0.257 e. The van der Waals surface area contributed by atoms with E-state index in [4.69, 9.17) is 23.2 Å². The fourth-order valence-electron chi connectivity index (χ4n) is 1.26. The van der Waals surface area contributed by atoms with E-state index in [9.17, 15) is 4.79 Å². The van der Waals surface area contributed by atoms with Gasteiger partial charge in [-0.1, -0.05) is 39.1 Å². The fourth-order valence-corrected chi connectivity index (χ4v) is 2.05. The van der Waals surface area contributed by atoms with Crippen molar-refractivity contribution in [1.82, 2.24) is 9.97 Å². The van der Waals surface area contributed by atoms with Crippen LogP contribution in [0.25, 0.3) is 0 Å². The summed E-state index contributed by atoms with van der Waals surface area (Å²) >= 11 is 14.7. The van der Waals surface area contributed by atoms with Crippen LogP contribution in [0.2, 0.25) is 10.3 Å². The maximum absolute atomic E-state index is 11.9. The van der Waals surface area contributed by atoms with E-state index in [-0.39, 0.29) is 16.2 Å². The van der Waals surface area contributed by atoms with Crippen molar-refractivity contribution in [1.29, 1.82) is 0 Å². The number of hydrogen-bond donors (Lipinski definition) is 1. The Balaban J connectivity index is 2.22. The van der Waals surface area contributed by atoms with Gasteiger partial charge in [-0.3, -0.25) is 4.79 Å². The first-order valence-electron chi connectivity index (χ1n) is 4.80. The third-order valence-corrected chi connectivity index (χ3v) is 2.87. The molecule has 0 saturated heterocycles. The van der Waals surface area contributed by atoms with Crippen LogP contribution in [0.5, 0.6) is 0 Å². The summed E-state index contributed by atoms with van der Waals surface area (Å²) < 4.78 is 0.818. The highest BCUT2D eigenvalue weighted by Crippen LogP contribution is 2.17. The van der Waals surface area contributed by atoms with Crippen LogP contribution in [0.3, 0.4) is 0 Å². The Labute approximate surface area is 121 Å². The Morgan fingerprint density at radius 2 is 1.89 bits per heavy atom. The summed E-state index contributed by atoms with van der Waals surface area (Å²) in [6.45, 7) is 0. The highest BCUT2D eigenvalue weighted by Gasteiger charge is 2.09. The van der Waals surface area contributed by atoms with E-state index < -0.39 is 0 Å². The van der Waals surface area contributed by atoms with Crippen molar-refractivity contribution in [2.24, 2.45) is 0 Å². The molecule has 2 rings (SSSR count). The largest absolute Gasteiger partial charge is 0.307 e. The Morgan fingerprint density at radius 1 is 1.22 bits per heavy atom. The highest BCUT2D eigenvalue weighted by atomic mass is 79.9. The number of rotatable bonds is 2. The van der Waals surface area contributed by atoms with E-state index in [1.54, 1.807) is 18.3 Å². The number of carbonyl (C=O) groups is 1. The minimum atomic E-state index is -0.355. The topological polar surface area (TPSA) is 54.9 Å². The van der Waals surface area contributed by atoms with Gasteiger partial charge in [0.2, 0.25) is 0 Å². The van der Waals surface area contributed by atoms with Gasteiger partial charge in [0, 0.05) is 16.2 Å². The molecular weight excluding hydrogens is 341 g/mol. The van der Waals surface area contributed by atoms with Crippen molar-refractivity contribution in [3.63, 3.8) is 0 Å². The van der Waals surface area contributed by atoms with Crippen molar-refractivity contribution < 1.29 is 4.79 Å². The summed E-state index contributed by atoms with van der Waals surface area (Å²) in [6, 6.07) is 6.31. The van der Waals surface area contributed by atoms with Crippen LogP contribution in [0.15, 0.2) is 34.9 Å². The van der Waals surface area contributed by atoms with Gasteiger partial charge in [0.05, 0.1) is 0 Å². The molecule has 1 amide bonds. The van der Waals surface area contributed by atoms with Gasteiger partial charge >= 0.3 is 0 Å². The molecule has 0 bridgehead atoms. The molecule has 4 nitrogen and oxygen atoms in total. The lowest BCUT2D eigenvalue weighted by atomic mass is 10.2. The number of carbonyl (C=O) groups excluding carboxylic acids is 1. The first-order chi connectivity index (χ1) is 8.54. The molecule has 1 N–H and O–H groups in total. The number of anilines is 1. The molecule has 2 aromatic heterocycles. The Morgan fingerprint density at radius 3 is 2.50 bits per heavy atom. The summed E-state index contributed by atoms with van der Waals surface area (Å²) in [7, 11) is 0. The van der Waals surface area contributed by atoms with Crippen LogP contribution >= 0.6 is 39.1 Å². The van der Waals surface area contributed by atoms with Gasteiger partial charge in [-0.15, -0.1) is 0 Å². The quantitative estimate of drug-likeness (QED) is 0.841. The van der Waals surface area contributed by atoms with Gasteiger partial charge in [0.1, 0.15) is 16.1 Å². The van der Waals surface area contributed by atoms with Crippen molar-refractivity contribution in [3.05, 3.63) is 50.8 Å². The number of halogens is 3. The molecule has 0 fully saturated rings. The standard InChI is InChI=1S/C11H6BrCl2N3O/c12-7-1-2-15-10(5-7)17-11(18)6-3-8(13)16-9(14)4-6/h1-5H,(H,15,17,18). The number of amides is 1. The predicted molar refractivity (Wildman–Crippen MR) is 74.1 cm³/mol. The third-order valence-electron chi connectivity index (χ3n) is 1.99. The molecule has 92 valence electrons. The van der Waals surface area contributed by atoms with Crippen molar-refractivity contribution in [2.45, 2.75) is 0 Å². The van der Waals surface area contributed by atoms with E-state index in [1.807, 2.05) is 0 Å². The maximum Gasteiger partial charge on any atom is 0.257 e. The SMILES string of the molecule is O=C(Nc1cc(Br)ccn1)c1cc(Cl)nc(Cl)c1. The second-order valence-electron chi connectivity index (χ2n) is 3.31. The van der Waals surface area contributed by atoms with E-state index in [2.05, 4.69) is 31.2 Å². The maximum atomic E-state index is 11.9. The average molecular weight is 347 g/mol. The van der Waals surface area contributed by atoms with Crippen molar-refractivity contribution in [2.75, 3.05) is 5.32 Å². The molecule has 7 heteroatoms. The van der Waals surface area contributed by atoms with Crippen LogP contribution in [-0.4, -0.2) is 15.9 Å². The van der Waals surface area contributed by atoms with E-state index in [1.165, 1.54) is 12.1 Å². The summed E-state index contributed by atoms with van der Waals surface area (Å²) in [4.78, 5) is 19.7. The summed E-state index contributed by atoms with van der Waals surface area (Å²) in [5.74, 6) is 0.0743. The van der Waals surface area contributed by atoms with Gasteiger partial charge in [0.25, 0.3) is 5.91 Å². The zero-order valence-corrected chi connectivity index (χ0v) is 11.9. The monoisotopic (exact) mass is 345 g/mol. The molecular formula is C11H6BrCl2N3O. The van der Waals surface area contributed by atoms with Gasteiger partial charge < -0.3 is 5.32 Å². The molecule has 0 aromatic carbocycles. The molecule has 0 saturated carbocycles. The normalized spacial score (nSPS) is 10.2. The lowest BCUT2D eigenvalue weighted by molar-refractivity contribution is 0.102. The lowest BCUT2D eigenvalue weighted by Gasteiger charge is -2.05. The number of hydrogen-bond acceptors (Lipinski definition) is 3. The molecule has 0 atom stereocenters. The molecule has 0 aliphatic heterocycles. The average Bonchev–Trinajstić information content (AvgIpc) is 2.27. The summed E-state index contributed by atoms with van der Waals surface area (Å²) in [5.41, 5.74) is 0.321. The van der Waals surface area contributed by atoms with Crippen LogP contribution in [0.4, 0.5) is 5.82 Å². The van der Waals surface area contributed by atoms with Gasteiger partial charge in [-0.05, 0) is 24.3 Å². The summed E-state index contributed by atoms with van der Waals surface area (Å²) in [6.07, 6.45) is 1.58. The highest BCUT2D eigenvalue weighted by molar-refractivity contribution is 9.10. The minimum Gasteiger partial charge on any atom is -0.307 e. The first kappa shape index (κ1) is 13.3.